The molecule has 1 N–H and O–H groups in total. The summed E-state index contributed by atoms with van der Waals surface area (Å²) in [6.45, 7) is 4.53. The van der Waals surface area contributed by atoms with E-state index in [-0.39, 0.29) is 5.75 Å². The minimum absolute atomic E-state index is 0.115. The number of sulfone groups is 1. The van der Waals surface area contributed by atoms with E-state index in [1.807, 2.05) is 6.92 Å². The predicted molar refractivity (Wildman–Crippen MR) is 74.1 cm³/mol. The molecular weight excluding hydrogens is 260 g/mol. The molecule has 0 aliphatic rings. The quantitative estimate of drug-likeness (QED) is 0.509. The van der Waals surface area contributed by atoms with Crippen LogP contribution < -0.4 is 5.32 Å². The Morgan fingerprint density at radius 2 is 2.12 bits per heavy atom. The van der Waals surface area contributed by atoms with Gasteiger partial charge in [0, 0.05) is 39.6 Å². The maximum absolute atomic E-state index is 11.0. The first-order valence-corrected chi connectivity index (χ1v) is 8.08. The van der Waals surface area contributed by atoms with Gasteiger partial charge in [-0.1, -0.05) is 0 Å². The third-order valence-electron chi connectivity index (χ3n) is 2.09. The van der Waals surface area contributed by atoms with Gasteiger partial charge in [0.1, 0.15) is 9.84 Å². The van der Waals surface area contributed by atoms with Crippen molar-refractivity contribution < 1.29 is 13.2 Å². The van der Waals surface area contributed by atoms with Gasteiger partial charge in [-0.3, -0.25) is 0 Å². The SMILES string of the molecule is CCOCCCNC(=S)N(C)CCS(C)(=O)=O. The standard InChI is InChI=1S/C10H22N2O3S2/c1-4-15-8-5-6-11-10(16)12(2)7-9-17(3,13)14/h4-9H2,1-3H3,(H,11,16). The van der Waals surface area contributed by atoms with Crippen molar-refractivity contribution in [2.24, 2.45) is 0 Å². The Hall–Kier alpha value is -0.400. The van der Waals surface area contributed by atoms with Crippen LogP contribution >= 0.6 is 12.2 Å². The van der Waals surface area contributed by atoms with E-state index in [0.29, 0.717) is 18.3 Å². The summed E-state index contributed by atoms with van der Waals surface area (Å²) in [5.74, 6) is 0.115. The third kappa shape index (κ3) is 10.5. The van der Waals surface area contributed by atoms with Gasteiger partial charge in [0.15, 0.2) is 5.11 Å². The Labute approximate surface area is 109 Å². The predicted octanol–water partition coefficient (Wildman–Crippen LogP) is 0.264. The number of hydrogen-bond donors (Lipinski definition) is 1. The maximum atomic E-state index is 11.0. The van der Waals surface area contributed by atoms with E-state index in [0.717, 1.165) is 19.6 Å². The van der Waals surface area contributed by atoms with E-state index in [1.165, 1.54) is 6.26 Å². The van der Waals surface area contributed by atoms with Gasteiger partial charge in [-0.25, -0.2) is 8.42 Å². The van der Waals surface area contributed by atoms with Crippen LogP contribution in [0.3, 0.4) is 0 Å². The molecule has 0 unspecified atom stereocenters. The lowest BCUT2D eigenvalue weighted by Gasteiger charge is -2.20. The van der Waals surface area contributed by atoms with Crippen LogP contribution in [0.2, 0.25) is 0 Å². The molecule has 0 saturated heterocycles. The second-order valence-corrected chi connectivity index (χ2v) is 6.48. The van der Waals surface area contributed by atoms with E-state index in [9.17, 15) is 8.42 Å². The Bertz CT molecular complexity index is 318. The van der Waals surface area contributed by atoms with E-state index >= 15 is 0 Å². The molecule has 0 fully saturated rings. The summed E-state index contributed by atoms with van der Waals surface area (Å²) in [5.41, 5.74) is 0. The monoisotopic (exact) mass is 282 g/mol. The Morgan fingerprint density at radius 1 is 1.47 bits per heavy atom. The lowest BCUT2D eigenvalue weighted by Crippen LogP contribution is -2.39. The second kappa shape index (κ2) is 8.66. The van der Waals surface area contributed by atoms with Crippen molar-refractivity contribution in [1.29, 1.82) is 0 Å². The zero-order chi connectivity index (χ0) is 13.3. The summed E-state index contributed by atoms with van der Waals surface area (Å²) in [4.78, 5) is 1.73. The lowest BCUT2D eigenvalue weighted by atomic mass is 10.4. The summed E-state index contributed by atoms with van der Waals surface area (Å²) < 4.78 is 27.2. The van der Waals surface area contributed by atoms with Crippen LogP contribution in [-0.4, -0.2) is 63.8 Å². The van der Waals surface area contributed by atoms with Gasteiger partial charge >= 0.3 is 0 Å². The second-order valence-electron chi connectivity index (χ2n) is 3.83. The molecule has 0 aromatic rings. The van der Waals surface area contributed by atoms with Crippen LogP contribution in [0.1, 0.15) is 13.3 Å². The molecule has 0 aliphatic carbocycles. The van der Waals surface area contributed by atoms with Crippen LogP contribution in [0.4, 0.5) is 0 Å². The molecular formula is C10H22N2O3S2. The maximum Gasteiger partial charge on any atom is 0.168 e. The average molecular weight is 282 g/mol. The van der Waals surface area contributed by atoms with E-state index < -0.39 is 9.84 Å². The molecule has 0 aliphatic heterocycles. The van der Waals surface area contributed by atoms with Crippen molar-refractivity contribution in [3.05, 3.63) is 0 Å². The first-order valence-electron chi connectivity index (χ1n) is 5.61. The fraction of sp³-hybridized carbons (Fsp3) is 0.900. The zero-order valence-corrected chi connectivity index (χ0v) is 12.4. The summed E-state index contributed by atoms with van der Waals surface area (Å²) in [6.07, 6.45) is 2.10. The molecule has 0 radical (unpaired) electrons. The molecule has 0 aromatic heterocycles. The number of rotatable bonds is 8. The Morgan fingerprint density at radius 3 is 2.65 bits per heavy atom. The van der Waals surface area contributed by atoms with Gasteiger partial charge in [0.25, 0.3) is 0 Å². The molecule has 0 amide bonds. The fourth-order valence-corrected chi connectivity index (χ4v) is 1.85. The van der Waals surface area contributed by atoms with E-state index in [2.05, 4.69) is 5.32 Å². The molecule has 5 nitrogen and oxygen atoms in total. The van der Waals surface area contributed by atoms with Crippen molar-refractivity contribution in [3.63, 3.8) is 0 Å². The number of ether oxygens (including phenoxy) is 1. The highest BCUT2D eigenvalue weighted by molar-refractivity contribution is 7.90. The van der Waals surface area contributed by atoms with Crippen molar-refractivity contribution in [2.45, 2.75) is 13.3 Å². The smallest absolute Gasteiger partial charge is 0.168 e. The molecule has 0 bridgehead atoms. The number of nitrogens with one attached hydrogen (secondary N) is 1. The molecule has 7 heteroatoms. The van der Waals surface area contributed by atoms with Crippen molar-refractivity contribution in [3.8, 4) is 0 Å². The van der Waals surface area contributed by atoms with Crippen molar-refractivity contribution in [2.75, 3.05) is 45.4 Å². The Balaban J connectivity index is 3.68. The van der Waals surface area contributed by atoms with Crippen molar-refractivity contribution in [1.82, 2.24) is 10.2 Å². The molecule has 0 atom stereocenters. The topological polar surface area (TPSA) is 58.6 Å². The van der Waals surface area contributed by atoms with Crippen LogP contribution in [0.5, 0.6) is 0 Å². The highest BCUT2D eigenvalue weighted by Gasteiger charge is 2.07. The summed E-state index contributed by atoms with van der Waals surface area (Å²) >= 11 is 5.12. The molecule has 17 heavy (non-hydrogen) atoms. The van der Waals surface area contributed by atoms with Gasteiger partial charge in [0.05, 0.1) is 5.75 Å². The summed E-state index contributed by atoms with van der Waals surface area (Å²) in [7, 11) is -1.15. The Kier molecular flexibility index (Phi) is 8.45. The molecule has 102 valence electrons. The van der Waals surface area contributed by atoms with E-state index in [4.69, 9.17) is 17.0 Å². The highest BCUT2D eigenvalue weighted by Crippen LogP contribution is 1.90. The molecule has 0 rings (SSSR count). The minimum Gasteiger partial charge on any atom is -0.382 e. The van der Waals surface area contributed by atoms with Gasteiger partial charge in [0.2, 0.25) is 0 Å². The first kappa shape index (κ1) is 16.6. The molecule has 0 spiro atoms. The number of hydrogen-bond acceptors (Lipinski definition) is 4. The number of nitrogens with zero attached hydrogens (tertiary/aromatic N) is 1. The highest BCUT2D eigenvalue weighted by atomic mass is 32.2. The first-order chi connectivity index (χ1) is 7.87. The fourth-order valence-electron chi connectivity index (χ4n) is 1.05. The summed E-state index contributed by atoms with van der Waals surface area (Å²) in [5, 5.41) is 3.63. The number of thiocarbonyl (C=S) groups is 1. The van der Waals surface area contributed by atoms with Crippen LogP contribution in [0.15, 0.2) is 0 Å². The van der Waals surface area contributed by atoms with Crippen LogP contribution in [0.25, 0.3) is 0 Å². The third-order valence-corrected chi connectivity index (χ3v) is 3.47. The zero-order valence-electron chi connectivity index (χ0n) is 10.7. The normalized spacial score (nSPS) is 11.2. The molecule has 0 saturated carbocycles. The largest absolute Gasteiger partial charge is 0.382 e. The van der Waals surface area contributed by atoms with Gasteiger partial charge in [-0.2, -0.15) is 0 Å². The molecule has 0 heterocycles. The van der Waals surface area contributed by atoms with E-state index in [1.54, 1.807) is 11.9 Å². The van der Waals surface area contributed by atoms with Crippen LogP contribution in [-0.2, 0) is 14.6 Å². The van der Waals surface area contributed by atoms with Gasteiger partial charge in [-0.05, 0) is 25.6 Å². The average Bonchev–Trinajstić information content (AvgIpc) is 2.24. The van der Waals surface area contributed by atoms with Crippen molar-refractivity contribution >= 4 is 27.2 Å². The summed E-state index contributed by atoms with van der Waals surface area (Å²) in [6, 6.07) is 0. The van der Waals surface area contributed by atoms with Gasteiger partial charge in [-0.15, -0.1) is 0 Å². The van der Waals surface area contributed by atoms with Crippen LogP contribution in [0, 0.1) is 0 Å². The van der Waals surface area contributed by atoms with Gasteiger partial charge < -0.3 is 15.0 Å². The molecule has 0 aromatic carbocycles. The minimum atomic E-state index is -2.93. The lowest BCUT2D eigenvalue weighted by molar-refractivity contribution is 0.145.